The zero-order valence-corrected chi connectivity index (χ0v) is 15.4. The monoisotopic (exact) mass is 384 g/mol. The molecular weight excluding hydrogens is 368 g/mol. The van der Waals surface area contributed by atoms with E-state index in [2.05, 4.69) is 15.5 Å². The van der Waals surface area contributed by atoms with Gasteiger partial charge in [0.05, 0.1) is 10.2 Å². The van der Waals surface area contributed by atoms with Crippen molar-refractivity contribution in [2.45, 2.75) is 24.3 Å². The third-order valence-electron chi connectivity index (χ3n) is 3.68. The molecule has 0 aliphatic heterocycles. The number of aryl methyl sites for hydroxylation is 1. The van der Waals surface area contributed by atoms with Gasteiger partial charge in [-0.15, -0.1) is 10.2 Å². The van der Waals surface area contributed by atoms with E-state index in [1.807, 2.05) is 31.2 Å². The molecule has 1 aromatic heterocycles. The third kappa shape index (κ3) is 4.50. The number of anilines is 1. The Hall–Kier alpha value is -3.20. The second-order valence-corrected chi connectivity index (χ2v) is 7.06. The van der Waals surface area contributed by atoms with E-state index in [0.29, 0.717) is 5.89 Å². The predicted molar refractivity (Wildman–Crippen MR) is 102 cm³/mol. The van der Waals surface area contributed by atoms with Crippen LogP contribution in [-0.4, -0.2) is 26.3 Å². The van der Waals surface area contributed by atoms with E-state index < -0.39 is 16.1 Å². The molecule has 1 N–H and O–H groups in total. The van der Waals surface area contributed by atoms with E-state index in [9.17, 15) is 14.9 Å². The molecule has 0 unspecified atom stereocenters. The van der Waals surface area contributed by atoms with Crippen LogP contribution in [0.4, 0.5) is 11.4 Å². The largest absolute Gasteiger partial charge is 0.411 e. The zero-order valence-electron chi connectivity index (χ0n) is 14.6. The molecule has 2 aromatic carbocycles. The maximum atomic E-state index is 12.4. The molecule has 0 radical (unpaired) electrons. The van der Waals surface area contributed by atoms with Crippen LogP contribution in [0.25, 0.3) is 11.5 Å². The first-order valence-corrected chi connectivity index (χ1v) is 8.93. The Morgan fingerprint density at radius 3 is 2.74 bits per heavy atom. The molecule has 3 aromatic rings. The number of thioether (sulfide) groups is 1. The van der Waals surface area contributed by atoms with Crippen molar-refractivity contribution in [3.63, 3.8) is 0 Å². The van der Waals surface area contributed by atoms with Gasteiger partial charge in [-0.25, -0.2) is 0 Å². The van der Waals surface area contributed by atoms with Gasteiger partial charge in [-0.3, -0.25) is 14.9 Å². The molecule has 0 aliphatic rings. The smallest absolute Gasteiger partial charge is 0.292 e. The average Bonchev–Trinajstić information content (AvgIpc) is 3.10. The standard InChI is InChI=1S/C18H16N4O4S/c1-11-6-5-7-13(10-11)17-20-21-18(26-17)27-12(2)16(23)19-14-8-3-4-9-15(14)22(24)25/h3-10,12H,1-2H3,(H,19,23)/t12-/m1/s1. The second kappa shape index (κ2) is 8.00. The average molecular weight is 384 g/mol. The molecule has 0 saturated carbocycles. The fourth-order valence-corrected chi connectivity index (χ4v) is 3.01. The van der Waals surface area contributed by atoms with Crippen LogP contribution in [0.15, 0.2) is 58.2 Å². The highest BCUT2D eigenvalue weighted by atomic mass is 32.2. The summed E-state index contributed by atoms with van der Waals surface area (Å²) in [7, 11) is 0. The van der Waals surface area contributed by atoms with Crippen LogP contribution >= 0.6 is 11.8 Å². The van der Waals surface area contributed by atoms with Crippen LogP contribution in [-0.2, 0) is 4.79 Å². The summed E-state index contributed by atoms with van der Waals surface area (Å²) >= 11 is 1.08. The zero-order chi connectivity index (χ0) is 19.4. The van der Waals surface area contributed by atoms with Crippen molar-refractivity contribution in [3.8, 4) is 11.5 Å². The number of rotatable bonds is 6. The van der Waals surface area contributed by atoms with E-state index in [4.69, 9.17) is 4.42 Å². The Morgan fingerprint density at radius 2 is 2.00 bits per heavy atom. The summed E-state index contributed by atoms with van der Waals surface area (Å²) in [4.78, 5) is 22.9. The molecular formula is C18H16N4O4S. The molecule has 27 heavy (non-hydrogen) atoms. The van der Waals surface area contributed by atoms with Crippen molar-refractivity contribution in [3.05, 3.63) is 64.2 Å². The molecule has 3 rings (SSSR count). The summed E-state index contributed by atoms with van der Waals surface area (Å²) in [6, 6.07) is 13.6. The number of carbonyl (C=O) groups is 1. The first-order valence-electron chi connectivity index (χ1n) is 8.05. The first-order chi connectivity index (χ1) is 12.9. The van der Waals surface area contributed by atoms with Crippen molar-refractivity contribution in [2.24, 2.45) is 0 Å². The molecule has 0 aliphatic carbocycles. The molecule has 0 saturated heterocycles. The fraction of sp³-hybridized carbons (Fsp3) is 0.167. The normalized spacial score (nSPS) is 11.8. The number of amides is 1. The van der Waals surface area contributed by atoms with Gasteiger partial charge >= 0.3 is 0 Å². The lowest BCUT2D eigenvalue weighted by molar-refractivity contribution is -0.383. The van der Waals surface area contributed by atoms with Gasteiger partial charge in [-0.1, -0.05) is 41.6 Å². The number of benzene rings is 2. The van der Waals surface area contributed by atoms with Crippen LogP contribution in [0.3, 0.4) is 0 Å². The Bertz CT molecular complexity index is 989. The number of nitro groups is 1. The Balaban J connectivity index is 1.68. The number of hydrogen-bond donors (Lipinski definition) is 1. The summed E-state index contributed by atoms with van der Waals surface area (Å²) in [5.74, 6) is -0.0305. The van der Waals surface area contributed by atoms with Crippen LogP contribution < -0.4 is 5.32 Å². The number of nitrogens with one attached hydrogen (secondary N) is 1. The molecule has 9 heteroatoms. The topological polar surface area (TPSA) is 111 Å². The van der Waals surface area contributed by atoms with Crippen molar-refractivity contribution >= 4 is 29.0 Å². The van der Waals surface area contributed by atoms with Gasteiger partial charge in [0.15, 0.2) is 0 Å². The minimum atomic E-state index is -0.587. The molecule has 138 valence electrons. The summed E-state index contributed by atoms with van der Waals surface area (Å²) < 4.78 is 5.61. The Kier molecular flexibility index (Phi) is 5.51. The lowest BCUT2D eigenvalue weighted by atomic mass is 10.1. The van der Waals surface area contributed by atoms with Gasteiger partial charge < -0.3 is 9.73 Å². The van der Waals surface area contributed by atoms with Crippen molar-refractivity contribution in [1.29, 1.82) is 0 Å². The molecule has 0 bridgehead atoms. The minimum absolute atomic E-state index is 0.144. The quantitative estimate of drug-likeness (QED) is 0.387. The van der Waals surface area contributed by atoms with Crippen LogP contribution in [0.5, 0.6) is 0 Å². The summed E-state index contributed by atoms with van der Waals surface area (Å²) in [6.07, 6.45) is 0. The lowest BCUT2D eigenvalue weighted by Crippen LogP contribution is -2.22. The van der Waals surface area contributed by atoms with Crippen LogP contribution in [0.2, 0.25) is 0 Å². The summed E-state index contributed by atoms with van der Waals surface area (Å²) in [5.41, 5.74) is 1.84. The molecule has 0 spiro atoms. The highest BCUT2D eigenvalue weighted by molar-refractivity contribution is 8.00. The SMILES string of the molecule is Cc1cccc(-c2nnc(S[C@H](C)C(=O)Nc3ccccc3[N+](=O)[O-])o2)c1. The summed E-state index contributed by atoms with van der Waals surface area (Å²) in [5, 5.41) is 21.2. The van der Waals surface area contributed by atoms with Gasteiger partial charge in [0.1, 0.15) is 5.69 Å². The highest BCUT2D eigenvalue weighted by Crippen LogP contribution is 2.28. The third-order valence-corrected chi connectivity index (χ3v) is 4.61. The number of carbonyl (C=O) groups excluding carboxylic acids is 1. The van der Waals surface area contributed by atoms with E-state index in [1.165, 1.54) is 18.2 Å². The Morgan fingerprint density at radius 1 is 1.22 bits per heavy atom. The van der Waals surface area contributed by atoms with E-state index in [-0.39, 0.29) is 16.6 Å². The number of nitrogens with zero attached hydrogens (tertiary/aromatic N) is 3. The predicted octanol–water partition coefficient (Wildman–Crippen LogP) is 4.07. The van der Waals surface area contributed by atoms with E-state index in [0.717, 1.165) is 22.9 Å². The lowest BCUT2D eigenvalue weighted by Gasteiger charge is -2.10. The van der Waals surface area contributed by atoms with Crippen molar-refractivity contribution < 1.29 is 14.1 Å². The van der Waals surface area contributed by atoms with Crippen molar-refractivity contribution in [2.75, 3.05) is 5.32 Å². The van der Waals surface area contributed by atoms with Crippen LogP contribution in [0, 0.1) is 17.0 Å². The first kappa shape index (κ1) is 18.6. The second-order valence-electron chi connectivity index (χ2n) is 5.77. The molecule has 1 amide bonds. The number of nitro benzene ring substituents is 1. The molecule has 8 nitrogen and oxygen atoms in total. The van der Waals surface area contributed by atoms with Gasteiger partial charge in [0.2, 0.25) is 11.8 Å². The van der Waals surface area contributed by atoms with Gasteiger partial charge in [-0.05, 0) is 32.0 Å². The van der Waals surface area contributed by atoms with Gasteiger partial charge in [-0.2, -0.15) is 0 Å². The number of hydrogen-bond acceptors (Lipinski definition) is 7. The van der Waals surface area contributed by atoms with E-state index in [1.54, 1.807) is 13.0 Å². The highest BCUT2D eigenvalue weighted by Gasteiger charge is 2.22. The maximum Gasteiger partial charge on any atom is 0.292 e. The summed E-state index contributed by atoms with van der Waals surface area (Å²) in [6.45, 7) is 3.62. The Labute approximate surface area is 159 Å². The number of para-hydroxylation sites is 2. The van der Waals surface area contributed by atoms with Gasteiger partial charge in [0, 0.05) is 11.6 Å². The van der Waals surface area contributed by atoms with E-state index >= 15 is 0 Å². The fourth-order valence-electron chi connectivity index (χ4n) is 2.33. The van der Waals surface area contributed by atoms with Crippen LogP contribution in [0.1, 0.15) is 12.5 Å². The molecule has 1 atom stereocenters. The molecule has 1 heterocycles. The number of aromatic nitrogens is 2. The maximum absolute atomic E-state index is 12.4. The minimum Gasteiger partial charge on any atom is -0.411 e. The van der Waals surface area contributed by atoms with Crippen molar-refractivity contribution in [1.82, 2.24) is 10.2 Å². The van der Waals surface area contributed by atoms with Gasteiger partial charge in [0.25, 0.3) is 10.9 Å². The molecule has 0 fully saturated rings.